The van der Waals surface area contributed by atoms with E-state index in [4.69, 9.17) is 10.5 Å². The summed E-state index contributed by atoms with van der Waals surface area (Å²) >= 11 is 0. The number of piperidine rings is 1. The van der Waals surface area contributed by atoms with Crippen molar-refractivity contribution >= 4 is 11.4 Å². The third kappa shape index (κ3) is 2.23. The van der Waals surface area contributed by atoms with Gasteiger partial charge in [-0.2, -0.15) is 0 Å². The summed E-state index contributed by atoms with van der Waals surface area (Å²) in [6.45, 7) is 4.54. The summed E-state index contributed by atoms with van der Waals surface area (Å²) in [6, 6.07) is 5.90. The molecule has 1 saturated heterocycles. The molecule has 0 unspecified atom stereocenters. The zero-order chi connectivity index (χ0) is 11.5. The summed E-state index contributed by atoms with van der Waals surface area (Å²) in [4.78, 5) is 2.39. The average Bonchev–Trinajstić information content (AvgIpc) is 2.30. The van der Waals surface area contributed by atoms with Crippen LogP contribution >= 0.6 is 0 Å². The van der Waals surface area contributed by atoms with Gasteiger partial charge >= 0.3 is 0 Å². The van der Waals surface area contributed by atoms with Gasteiger partial charge in [-0.15, -0.1) is 0 Å². The number of methoxy groups -OCH3 is 1. The molecule has 1 aliphatic heterocycles. The largest absolute Gasteiger partial charge is 0.495 e. The highest BCUT2D eigenvalue weighted by atomic mass is 16.5. The molecule has 1 aromatic carbocycles. The standard InChI is InChI=1S/C13H20N2O/c1-10-5-7-15(8-6-10)12-4-3-11(14)9-13(12)16-2/h3-4,9-10H,5-8,14H2,1-2H3. The summed E-state index contributed by atoms with van der Waals surface area (Å²) in [5.74, 6) is 1.73. The van der Waals surface area contributed by atoms with E-state index in [9.17, 15) is 0 Å². The smallest absolute Gasteiger partial charge is 0.144 e. The van der Waals surface area contributed by atoms with Crippen LogP contribution < -0.4 is 15.4 Å². The van der Waals surface area contributed by atoms with Crippen LogP contribution in [-0.4, -0.2) is 20.2 Å². The topological polar surface area (TPSA) is 38.5 Å². The van der Waals surface area contributed by atoms with Crippen LogP contribution in [0.15, 0.2) is 18.2 Å². The lowest BCUT2D eigenvalue weighted by molar-refractivity contribution is 0.404. The van der Waals surface area contributed by atoms with Crippen molar-refractivity contribution in [1.29, 1.82) is 0 Å². The fourth-order valence-electron chi connectivity index (χ4n) is 2.20. The van der Waals surface area contributed by atoms with Gasteiger partial charge in [0, 0.05) is 24.8 Å². The Balaban J connectivity index is 2.19. The van der Waals surface area contributed by atoms with Gasteiger partial charge < -0.3 is 15.4 Å². The second-order valence-corrected chi connectivity index (χ2v) is 4.60. The zero-order valence-corrected chi connectivity index (χ0v) is 10.1. The fraction of sp³-hybridized carbons (Fsp3) is 0.538. The third-order valence-electron chi connectivity index (χ3n) is 3.33. The van der Waals surface area contributed by atoms with Gasteiger partial charge in [0.05, 0.1) is 12.8 Å². The van der Waals surface area contributed by atoms with Crippen molar-refractivity contribution in [1.82, 2.24) is 0 Å². The molecule has 0 aliphatic carbocycles. The van der Waals surface area contributed by atoms with Gasteiger partial charge in [0.15, 0.2) is 0 Å². The molecule has 0 bridgehead atoms. The Hall–Kier alpha value is -1.38. The summed E-state index contributed by atoms with van der Waals surface area (Å²) < 4.78 is 5.38. The predicted molar refractivity (Wildman–Crippen MR) is 68.0 cm³/mol. The maximum absolute atomic E-state index is 5.76. The van der Waals surface area contributed by atoms with Crippen molar-refractivity contribution in [3.63, 3.8) is 0 Å². The predicted octanol–water partition coefficient (Wildman–Crippen LogP) is 2.51. The number of nitrogens with two attached hydrogens (primary N) is 1. The van der Waals surface area contributed by atoms with Crippen LogP contribution in [0.3, 0.4) is 0 Å². The number of nitrogen functional groups attached to an aromatic ring is 1. The first-order valence-electron chi connectivity index (χ1n) is 5.89. The molecular weight excluding hydrogens is 200 g/mol. The first kappa shape index (κ1) is 11.1. The van der Waals surface area contributed by atoms with Crippen LogP contribution in [0.25, 0.3) is 0 Å². The van der Waals surface area contributed by atoms with Gasteiger partial charge in [0.25, 0.3) is 0 Å². The normalized spacial score (nSPS) is 17.5. The van der Waals surface area contributed by atoms with Crippen molar-refractivity contribution in [3.05, 3.63) is 18.2 Å². The Morgan fingerprint density at radius 1 is 1.31 bits per heavy atom. The molecule has 0 atom stereocenters. The molecule has 0 aromatic heterocycles. The summed E-state index contributed by atoms with van der Waals surface area (Å²) in [5, 5.41) is 0. The van der Waals surface area contributed by atoms with Crippen LogP contribution in [0.4, 0.5) is 11.4 Å². The minimum atomic E-state index is 0.756. The van der Waals surface area contributed by atoms with E-state index in [-0.39, 0.29) is 0 Å². The van der Waals surface area contributed by atoms with E-state index in [0.29, 0.717) is 0 Å². The quantitative estimate of drug-likeness (QED) is 0.778. The van der Waals surface area contributed by atoms with Gasteiger partial charge in [-0.25, -0.2) is 0 Å². The van der Waals surface area contributed by atoms with E-state index in [1.165, 1.54) is 18.5 Å². The van der Waals surface area contributed by atoms with Crippen LogP contribution in [0.2, 0.25) is 0 Å². The lowest BCUT2D eigenvalue weighted by Gasteiger charge is -2.33. The number of benzene rings is 1. The van der Waals surface area contributed by atoms with Crippen LogP contribution in [0, 0.1) is 5.92 Å². The molecule has 16 heavy (non-hydrogen) atoms. The van der Waals surface area contributed by atoms with Crippen LogP contribution in [0.5, 0.6) is 5.75 Å². The minimum absolute atomic E-state index is 0.756. The van der Waals surface area contributed by atoms with Crippen molar-refractivity contribution in [2.75, 3.05) is 30.8 Å². The lowest BCUT2D eigenvalue weighted by Crippen LogP contribution is -2.33. The number of ether oxygens (including phenoxy) is 1. The first-order chi connectivity index (χ1) is 7.70. The molecule has 1 heterocycles. The molecule has 0 spiro atoms. The van der Waals surface area contributed by atoms with E-state index in [0.717, 1.165) is 30.4 Å². The molecule has 2 rings (SSSR count). The average molecular weight is 220 g/mol. The number of nitrogens with zero attached hydrogens (tertiary/aromatic N) is 1. The molecule has 3 heteroatoms. The molecule has 0 saturated carbocycles. The maximum atomic E-state index is 5.76. The van der Waals surface area contributed by atoms with E-state index in [1.807, 2.05) is 12.1 Å². The highest BCUT2D eigenvalue weighted by Gasteiger charge is 2.18. The Morgan fingerprint density at radius 2 is 2.00 bits per heavy atom. The molecule has 88 valence electrons. The van der Waals surface area contributed by atoms with Gasteiger partial charge in [-0.05, 0) is 30.9 Å². The molecule has 0 radical (unpaired) electrons. The first-order valence-corrected chi connectivity index (χ1v) is 5.89. The molecule has 3 nitrogen and oxygen atoms in total. The zero-order valence-electron chi connectivity index (χ0n) is 10.1. The lowest BCUT2D eigenvalue weighted by atomic mass is 9.98. The second-order valence-electron chi connectivity index (χ2n) is 4.60. The van der Waals surface area contributed by atoms with Crippen molar-refractivity contribution in [2.24, 2.45) is 5.92 Å². The number of anilines is 2. The molecule has 0 amide bonds. The Bertz CT molecular complexity index is 357. The fourth-order valence-corrected chi connectivity index (χ4v) is 2.20. The summed E-state index contributed by atoms with van der Waals surface area (Å²) in [6.07, 6.45) is 2.51. The molecule has 2 N–H and O–H groups in total. The minimum Gasteiger partial charge on any atom is -0.495 e. The third-order valence-corrected chi connectivity index (χ3v) is 3.33. The van der Waals surface area contributed by atoms with Gasteiger partial charge in [0.1, 0.15) is 5.75 Å². The van der Waals surface area contributed by atoms with Gasteiger partial charge in [-0.3, -0.25) is 0 Å². The van der Waals surface area contributed by atoms with Crippen molar-refractivity contribution in [3.8, 4) is 5.75 Å². The highest BCUT2D eigenvalue weighted by Crippen LogP contribution is 2.32. The molecule has 1 fully saturated rings. The Labute approximate surface area is 97.2 Å². The Morgan fingerprint density at radius 3 is 2.62 bits per heavy atom. The number of rotatable bonds is 2. The van der Waals surface area contributed by atoms with Crippen molar-refractivity contribution in [2.45, 2.75) is 19.8 Å². The SMILES string of the molecule is COc1cc(N)ccc1N1CCC(C)CC1. The van der Waals surface area contributed by atoms with E-state index >= 15 is 0 Å². The molecular formula is C13H20N2O. The van der Waals surface area contributed by atoms with E-state index < -0.39 is 0 Å². The summed E-state index contributed by atoms with van der Waals surface area (Å²) in [7, 11) is 1.70. The molecule has 1 aromatic rings. The second kappa shape index (κ2) is 4.64. The number of hydrogen-bond donors (Lipinski definition) is 1. The van der Waals surface area contributed by atoms with Crippen LogP contribution in [-0.2, 0) is 0 Å². The Kier molecular flexibility index (Phi) is 3.22. The van der Waals surface area contributed by atoms with E-state index in [2.05, 4.69) is 17.9 Å². The van der Waals surface area contributed by atoms with E-state index in [1.54, 1.807) is 7.11 Å². The number of hydrogen-bond acceptors (Lipinski definition) is 3. The van der Waals surface area contributed by atoms with Crippen molar-refractivity contribution < 1.29 is 4.74 Å². The van der Waals surface area contributed by atoms with Gasteiger partial charge in [-0.1, -0.05) is 6.92 Å². The molecule has 1 aliphatic rings. The highest BCUT2D eigenvalue weighted by molar-refractivity contribution is 5.64. The van der Waals surface area contributed by atoms with Gasteiger partial charge in [0.2, 0.25) is 0 Å². The van der Waals surface area contributed by atoms with Crippen LogP contribution in [0.1, 0.15) is 19.8 Å². The summed E-state index contributed by atoms with van der Waals surface area (Å²) in [5.41, 5.74) is 7.68. The maximum Gasteiger partial charge on any atom is 0.144 e. The monoisotopic (exact) mass is 220 g/mol.